The molecule has 1 aromatic heterocycles. The van der Waals surface area contributed by atoms with E-state index in [1.165, 1.54) is 5.56 Å². The lowest BCUT2D eigenvalue weighted by atomic mass is 10.2. The smallest absolute Gasteiger partial charge is 0.170 e. The maximum absolute atomic E-state index is 5.30. The molecule has 4 nitrogen and oxygen atoms in total. The van der Waals surface area contributed by atoms with Crippen LogP contribution in [0.1, 0.15) is 17.7 Å². The highest BCUT2D eigenvalue weighted by Crippen LogP contribution is 2.13. The highest BCUT2D eigenvalue weighted by Gasteiger charge is 2.02. The van der Waals surface area contributed by atoms with Gasteiger partial charge in [0.05, 0.1) is 10.2 Å². The van der Waals surface area contributed by atoms with E-state index in [2.05, 4.69) is 44.7 Å². The molecule has 2 N–H and O–H groups in total. The highest BCUT2D eigenvalue weighted by molar-refractivity contribution is 9.10. The molecule has 0 bridgehead atoms. The number of nitrogens with one attached hydrogen (secondary N) is 2. The van der Waals surface area contributed by atoms with Crippen molar-refractivity contribution in [1.82, 2.24) is 15.1 Å². The maximum Gasteiger partial charge on any atom is 0.170 e. The summed E-state index contributed by atoms with van der Waals surface area (Å²) in [5, 5.41) is 11.5. The van der Waals surface area contributed by atoms with Gasteiger partial charge in [0.1, 0.15) is 0 Å². The van der Waals surface area contributed by atoms with Crippen LogP contribution in [0, 0.1) is 13.8 Å². The monoisotopic (exact) mass is 366 g/mol. The van der Waals surface area contributed by atoms with Gasteiger partial charge in [0, 0.05) is 25.0 Å². The summed E-state index contributed by atoms with van der Waals surface area (Å²) < 4.78 is 2.99. The average Bonchev–Trinajstić information content (AvgIpc) is 2.76. The summed E-state index contributed by atoms with van der Waals surface area (Å²) in [5.74, 6) is 0. The van der Waals surface area contributed by atoms with Crippen molar-refractivity contribution in [2.24, 2.45) is 0 Å². The molecular weight excluding hydrogens is 348 g/mol. The second kappa shape index (κ2) is 7.56. The molecule has 0 amide bonds. The molecule has 2 rings (SSSR count). The van der Waals surface area contributed by atoms with Gasteiger partial charge in [0.2, 0.25) is 0 Å². The van der Waals surface area contributed by atoms with Crippen LogP contribution in [-0.4, -0.2) is 21.4 Å². The number of hydrogen-bond acceptors (Lipinski definition) is 2. The van der Waals surface area contributed by atoms with Gasteiger partial charge in [-0.2, -0.15) is 5.10 Å². The predicted molar refractivity (Wildman–Crippen MR) is 94.7 cm³/mol. The molecule has 0 spiro atoms. The van der Waals surface area contributed by atoms with Crippen LogP contribution in [-0.2, 0) is 6.54 Å². The Labute approximate surface area is 139 Å². The summed E-state index contributed by atoms with van der Waals surface area (Å²) in [6.07, 6.45) is 2.96. The molecule has 2 aromatic rings. The first-order valence-electron chi connectivity index (χ1n) is 6.86. The van der Waals surface area contributed by atoms with Gasteiger partial charge >= 0.3 is 0 Å². The predicted octanol–water partition coefficient (Wildman–Crippen LogP) is 3.64. The Morgan fingerprint density at radius 2 is 2.10 bits per heavy atom. The Balaban J connectivity index is 1.71. The van der Waals surface area contributed by atoms with E-state index < -0.39 is 0 Å². The number of anilines is 1. The molecule has 0 fully saturated rings. The molecule has 6 heteroatoms. The second-order valence-electron chi connectivity index (χ2n) is 4.87. The van der Waals surface area contributed by atoms with E-state index in [1.54, 1.807) is 0 Å². The molecule has 0 saturated carbocycles. The second-order valence-corrected chi connectivity index (χ2v) is 6.14. The van der Waals surface area contributed by atoms with Crippen LogP contribution in [0.15, 0.2) is 34.9 Å². The normalized spacial score (nSPS) is 10.4. The van der Waals surface area contributed by atoms with E-state index in [0.717, 1.165) is 35.4 Å². The zero-order chi connectivity index (χ0) is 15.2. The van der Waals surface area contributed by atoms with Gasteiger partial charge in [0.15, 0.2) is 5.11 Å². The number of para-hydroxylation sites is 1. The molecule has 0 aliphatic carbocycles. The third-order valence-electron chi connectivity index (χ3n) is 3.13. The van der Waals surface area contributed by atoms with E-state index in [9.17, 15) is 0 Å². The molecule has 0 atom stereocenters. The van der Waals surface area contributed by atoms with Crippen molar-refractivity contribution in [3.05, 3.63) is 46.2 Å². The maximum atomic E-state index is 5.30. The standard InChI is InChI=1S/C15H19BrN4S/c1-11-6-3-4-7-14(11)18-15(21)17-8-5-9-20-10-13(16)12(2)19-20/h3-4,6-7,10H,5,8-9H2,1-2H3,(H2,17,18,21). The molecule has 0 aliphatic heterocycles. The summed E-state index contributed by atoms with van der Waals surface area (Å²) in [5.41, 5.74) is 3.24. The van der Waals surface area contributed by atoms with Gasteiger partial charge in [-0.3, -0.25) is 4.68 Å². The third-order valence-corrected chi connectivity index (χ3v) is 4.15. The number of hydrogen-bond donors (Lipinski definition) is 2. The minimum atomic E-state index is 0.655. The molecule has 0 aliphatic rings. The Morgan fingerprint density at radius 3 is 2.76 bits per heavy atom. The fraction of sp³-hybridized carbons (Fsp3) is 0.333. The topological polar surface area (TPSA) is 41.9 Å². The number of benzene rings is 1. The van der Waals surface area contributed by atoms with E-state index in [1.807, 2.05) is 36.0 Å². The molecule has 21 heavy (non-hydrogen) atoms. The number of aryl methyl sites for hydroxylation is 3. The molecule has 0 saturated heterocycles. The first-order chi connectivity index (χ1) is 10.1. The summed E-state index contributed by atoms with van der Waals surface area (Å²) in [6.45, 7) is 5.73. The third kappa shape index (κ3) is 4.82. The summed E-state index contributed by atoms with van der Waals surface area (Å²) in [4.78, 5) is 0. The zero-order valence-corrected chi connectivity index (χ0v) is 14.6. The van der Waals surface area contributed by atoms with Crippen molar-refractivity contribution in [2.45, 2.75) is 26.8 Å². The average molecular weight is 367 g/mol. The number of rotatable bonds is 5. The number of nitrogens with zero attached hydrogens (tertiary/aromatic N) is 2. The van der Waals surface area contributed by atoms with Crippen molar-refractivity contribution < 1.29 is 0 Å². The van der Waals surface area contributed by atoms with Crippen LogP contribution in [0.25, 0.3) is 0 Å². The van der Waals surface area contributed by atoms with Crippen molar-refractivity contribution in [2.75, 3.05) is 11.9 Å². The fourth-order valence-corrected chi connectivity index (χ4v) is 2.46. The number of halogens is 1. The van der Waals surface area contributed by atoms with Crippen molar-refractivity contribution >= 4 is 38.9 Å². The lowest BCUT2D eigenvalue weighted by molar-refractivity contribution is 0.570. The molecule has 1 aromatic carbocycles. The number of aromatic nitrogens is 2. The minimum Gasteiger partial charge on any atom is -0.362 e. The van der Waals surface area contributed by atoms with E-state index in [0.29, 0.717) is 5.11 Å². The van der Waals surface area contributed by atoms with Crippen molar-refractivity contribution in [1.29, 1.82) is 0 Å². The first kappa shape index (κ1) is 16.0. The SMILES string of the molecule is Cc1ccccc1NC(=S)NCCCn1cc(Br)c(C)n1. The van der Waals surface area contributed by atoms with Crippen LogP contribution in [0.2, 0.25) is 0 Å². The molecule has 112 valence electrons. The molecular formula is C15H19BrN4S. The van der Waals surface area contributed by atoms with Crippen LogP contribution in [0.4, 0.5) is 5.69 Å². The van der Waals surface area contributed by atoms with Gasteiger partial charge in [-0.25, -0.2) is 0 Å². The van der Waals surface area contributed by atoms with Crippen LogP contribution < -0.4 is 10.6 Å². The molecule has 1 heterocycles. The van der Waals surface area contributed by atoms with Crippen LogP contribution in [0.5, 0.6) is 0 Å². The van der Waals surface area contributed by atoms with Crippen molar-refractivity contribution in [3.8, 4) is 0 Å². The van der Waals surface area contributed by atoms with Gasteiger partial charge in [0.25, 0.3) is 0 Å². The first-order valence-corrected chi connectivity index (χ1v) is 8.06. The molecule has 0 unspecified atom stereocenters. The lowest BCUT2D eigenvalue weighted by Gasteiger charge is -2.12. The Bertz CT molecular complexity index is 604. The Morgan fingerprint density at radius 1 is 1.33 bits per heavy atom. The van der Waals surface area contributed by atoms with Gasteiger partial charge in [-0.05, 0) is 60.0 Å². The van der Waals surface area contributed by atoms with Gasteiger partial charge in [-0.15, -0.1) is 0 Å². The van der Waals surface area contributed by atoms with Crippen LogP contribution >= 0.6 is 28.1 Å². The van der Waals surface area contributed by atoms with Crippen LogP contribution in [0.3, 0.4) is 0 Å². The number of thiocarbonyl (C=S) groups is 1. The fourth-order valence-electron chi connectivity index (χ4n) is 1.93. The van der Waals surface area contributed by atoms with Gasteiger partial charge in [-0.1, -0.05) is 18.2 Å². The lowest BCUT2D eigenvalue weighted by Crippen LogP contribution is -2.30. The summed E-state index contributed by atoms with van der Waals surface area (Å²) in [6, 6.07) is 8.09. The highest BCUT2D eigenvalue weighted by atomic mass is 79.9. The largest absolute Gasteiger partial charge is 0.362 e. The minimum absolute atomic E-state index is 0.655. The van der Waals surface area contributed by atoms with E-state index in [4.69, 9.17) is 12.2 Å². The van der Waals surface area contributed by atoms with Gasteiger partial charge < -0.3 is 10.6 Å². The molecule has 0 radical (unpaired) electrons. The zero-order valence-electron chi connectivity index (χ0n) is 12.2. The Kier molecular flexibility index (Phi) is 5.76. The Hall–Kier alpha value is -1.40. The summed E-state index contributed by atoms with van der Waals surface area (Å²) >= 11 is 8.76. The van der Waals surface area contributed by atoms with E-state index in [-0.39, 0.29) is 0 Å². The summed E-state index contributed by atoms with van der Waals surface area (Å²) in [7, 11) is 0. The quantitative estimate of drug-likeness (QED) is 0.626. The van der Waals surface area contributed by atoms with E-state index >= 15 is 0 Å². The van der Waals surface area contributed by atoms with Crippen molar-refractivity contribution in [3.63, 3.8) is 0 Å².